The van der Waals surface area contributed by atoms with E-state index in [1.165, 1.54) is 50.1 Å². The summed E-state index contributed by atoms with van der Waals surface area (Å²) < 4.78 is 0. The summed E-state index contributed by atoms with van der Waals surface area (Å²) in [7, 11) is 0. The molecule has 0 nitrogen and oxygen atoms in total. The largest absolute Gasteiger partial charge is 0.0955 e. The summed E-state index contributed by atoms with van der Waals surface area (Å²) in [4.78, 5) is 0. The molecule has 2 aliphatic rings. The summed E-state index contributed by atoms with van der Waals surface area (Å²) in [5.74, 6) is 1.18. The lowest BCUT2D eigenvalue weighted by atomic mass is 9.69. The van der Waals surface area contributed by atoms with Gasteiger partial charge in [0.25, 0.3) is 0 Å². The van der Waals surface area contributed by atoms with E-state index >= 15 is 0 Å². The van der Waals surface area contributed by atoms with Gasteiger partial charge in [0.1, 0.15) is 0 Å². The third-order valence-electron chi connectivity index (χ3n) is 6.96. The summed E-state index contributed by atoms with van der Waals surface area (Å²) in [6.45, 7) is 18.0. The number of hydrogen-bond donors (Lipinski definition) is 0. The molecular weight excluding hydrogens is 372 g/mol. The number of rotatable bonds is 5. The molecule has 2 atom stereocenters. The zero-order chi connectivity index (χ0) is 22.1. The third-order valence-corrected chi connectivity index (χ3v) is 6.96. The van der Waals surface area contributed by atoms with Crippen LogP contribution in [-0.2, 0) is 0 Å². The van der Waals surface area contributed by atoms with E-state index < -0.39 is 0 Å². The van der Waals surface area contributed by atoms with Gasteiger partial charge >= 0.3 is 0 Å². The van der Waals surface area contributed by atoms with Crippen molar-refractivity contribution >= 4 is 6.08 Å². The van der Waals surface area contributed by atoms with Crippen LogP contribution >= 0.6 is 0 Å². The quantitative estimate of drug-likeness (QED) is 0.465. The topological polar surface area (TPSA) is 0 Å². The van der Waals surface area contributed by atoms with Gasteiger partial charge in [0.2, 0.25) is 0 Å². The first kappa shape index (κ1) is 21.4. The summed E-state index contributed by atoms with van der Waals surface area (Å²) in [5.41, 5.74) is 12.2. The van der Waals surface area contributed by atoms with Gasteiger partial charge < -0.3 is 0 Å². The van der Waals surface area contributed by atoms with Crippen LogP contribution in [-0.4, -0.2) is 0 Å². The van der Waals surface area contributed by atoms with Gasteiger partial charge in [-0.25, -0.2) is 0 Å². The first-order chi connectivity index (χ1) is 14.9. The van der Waals surface area contributed by atoms with Crippen LogP contribution in [0.4, 0.5) is 0 Å². The molecule has 2 aromatic rings. The van der Waals surface area contributed by atoms with Gasteiger partial charge in [0.15, 0.2) is 0 Å². The maximum atomic E-state index is 4.62. The van der Waals surface area contributed by atoms with Gasteiger partial charge in [-0.15, -0.1) is 0 Å². The molecule has 2 unspecified atom stereocenters. The van der Waals surface area contributed by atoms with Crippen LogP contribution in [0.3, 0.4) is 0 Å². The molecular formula is C31H34. The molecule has 2 aliphatic carbocycles. The van der Waals surface area contributed by atoms with Crippen LogP contribution in [0.15, 0.2) is 107 Å². The smallest absolute Gasteiger partial charge is 0.0201 e. The molecule has 0 heteroatoms. The number of benzene rings is 2. The second-order valence-electron chi connectivity index (χ2n) is 9.33. The summed E-state index contributed by atoms with van der Waals surface area (Å²) in [5, 5.41) is 0. The van der Waals surface area contributed by atoms with E-state index in [0.717, 1.165) is 12.8 Å². The second-order valence-corrected chi connectivity index (χ2v) is 9.33. The van der Waals surface area contributed by atoms with Crippen LogP contribution in [0, 0.1) is 5.92 Å². The fourth-order valence-corrected chi connectivity index (χ4v) is 5.22. The standard InChI is InChI=1S/C31H34/c1-7-21(4)29-22(5)17-28-19-27(18-24-13-15-25(16-14-24)20(2)3)23(6)30(28)31(29)26-11-9-8-10-12-26/h8-18,20,30-31H,4,6-7,19H2,1-3,5H3. The lowest BCUT2D eigenvalue weighted by Gasteiger charge is -2.34. The molecule has 2 aromatic carbocycles. The van der Waals surface area contributed by atoms with Crippen molar-refractivity contribution in [3.05, 3.63) is 124 Å². The molecule has 1 saturated carbocycles. The first-order valence-corrected chi connectivity index (χ1v) is 11.5. The SMILES string of the molecule is C=C(CC)C1=C(C)C=C2CC(=Cc3ccc(C(C)C)cc3)C(=C)C2C1c1ccccc1. The lowest BCUT2D eigenvalue weighted by Crippen LogP contribution is -2.20. The van der Waals surface area contributed by atoms with Crippen molar-refractivity contribution in [1.29, 1.82) is 0 Å². The highest BCUT2D eigenvalue weighted by atomic mass is 14.4. The summed E-state index contributed by atoms with van der Waals surface area (Å²) in [6.07, 6.45) is 6.72. The highest BCUT2D eigenvalue weighted by molar-refractivity contribution is 5.67. The average Bonchev–Trinajstić information content (AvgIpc) is 3.07. The zero-order valence-corrected chi connectivity index (χ0v) is 19.4. The van der Waals surface area contributed by atoms with Crippen molar-refractivity contribution in [2.45, 2.75) is 52.4 Å². The lowest BCUT2D eigenvalue weighted by molar-refractivity contribution is 0.622. The molecule has 0 bridgehead atoms. The van der Waals surface area contributed by atoms with Crippen LogP contribution in [0.25, 0.3) is 6.08 Å². The molecule has 0 radical (unpaired) electrons. The first-order valence-electron chi connectivity index (χ1n) is 11.5. The van der Waals surface area contributed by atoms with Crippen molar-refractivity contribution in [3.63, 3.8) is 0 Å². The second kappa shape index (κ2) is 8.71. The predicted octanol–water partition coefficient (Wildman–Crippen LogP) is 8.78. The Balaban J connectivity index is 1.75. The van der Waals surface area contributed by atoms with E-state index in [1.807, 2.05) is 0 Å². The Morgan fingerprint density at radius 3 is 2.32 bits per heavy atom. The maximum absolute atomic E-state index is 4.62. The van der Waals surface area contributed by atoms with Crippen molar-refractivity contribution in [1.82, 2.24) is 0 Å². The number of allylic oxidation sites excluding steroid dienone is 7. The molecule has 0 amide bonds. The van der Waals surface area contributed by atoms with Crippen LogP contribution < -0.4 is 0 Å². The van der Waals surface area contributed by atoms with E-state index in [9.17, 15) is 0 Å². The average molecular weight is 407 g/mol. The highest BCUT2D eigenvalue weighted by Crippen LogP contribution is 2.54. The molecule has 1 fully saturated rings. The summed E-state index contributed by atoms with van der Waals surface area (Å²) in [6, 6.07) is 19.9. The molecule has 4 rings (SSSR count). The number of fused-ring (bicyclic) bond motifs is 1. The van der Waals surface area contributed by atoms with E-state index in [0.29, 0.717) is 17.8 Å². The van der Waals surface area contributed by atoms with Crippen LogP contribution in [0.5, 0.6) is 0 Å². The molecule has 0 heterocycles. The van der Waals surface area contributed by atoms with E-state index in [-0.39, 0.29) is 0 Å². The minimum Gasteiger partial charge on any atom is -0.0955 e. The van der Waals surface area contributed by atoms with Gasteiger partial charge in [0.05, 0.1) is 0 Å². The van der Waals surface area contributed by atoms with Gasteiger partial charge in [-0.3, -0.25) is 0 Å². The molecule has 31 heavy (non-hydrogen) atoms. The Bertz CT molecular complexity index is 1080. The monoisotopic (exact) mass is 406 g/mol. The van der Waals surface area contributed by atoms with E-state index in [4.69, 9.17) is 0 Å². The third kappa shape index (κ3) is 4.04. The Morgan fingerprint density at radius 1 is 1.03 bits per heavy atom. The number of hydrogen-bond acceptors (Lipinski definition) is 0. The Kier molecular flexibility index (Phi) is 6.01. The molecule has 0 aliphatic heterocycles. The minimum atomic E-state index is 0.301. The fraction of sp³-hybridized carbons (Fsp3) is 0.290. The highest BCUT2D eigenvalue weighted by Gasteiger charge is 2.40. The Labute approximate surface area is 188 Å². The van der Waals surface area contributed by atoms with Crippen LogP contribution in [0.2, 0.25) is 0 Å². The van der Waals surface area contributed by atoms with Crippen LogP contribution in [0.1, 0.15) is 69.1 Å². The predicted molar refractivity (Wildman–Crippen MR) is 135 cm³/mol. The van der Waals surface area contributed by atoms with Gasteiger partial charge in [-0.05, 0) is 64.7 Å². The fourth-order valence-electron chi connectivity index (χ4n) is 5.22. The molecule has 158 valence electrons. The van der Waals surface area contributed by atoms with Crippen molar-refractivity contribution < 1.29 is 0 Å². The summed E-state index contributed by atoms with van der Waals surface area (Å²) >= 11 is 0. The molecule has 0 spiro atoms. The van der Waals surface area contributed by atoms with E-state index in [1.54, 1.807) is 0 Å². The van der Waals surface area contributed by atoms with Crippen molar-refractivity contribution in [2.24, 2.45) is 5.92 Å². The molecule has 0 saturated heterocycles. The molecule has 0 N–H and O–H groups in total. The van der Waals surface area contributed by atoms with Gasteiger partial charge in [-0.1, -0.05) is 112 Å². The van der Waals surface area contributed by atoms with Crippen molar-refractivity contribution in [3.8, 4) is 0 Å². The Hall–Kier alpha value is -2.86. The minimum absolute atomic E-state index is 0.301. The molecule has 0 aromatic heterocycles. The van der Waals surface area contributed by atoms with Gasteiger partial charge in [0, 0.05) is 11.8 Å². The Morgan fingerprint density at radius 2 is 1.71 bits per heavy atom. The zero-order valence-electron chi connectivity index (χ0n) is 19.4. The maximum Gasteiger partial charge on any atom is 0.0201 e. The van der Waals surface area contributed by atoms with Gasteiger partial charge in [-0.2, -0.15) is 0 Å². The normalized spacial score (nSPS) is 22.2. The van der Waals surface area contributed by atoms with E-state index in [2.05, 4.69) is 108 Å². The van der Waals surface area contributed by atoms with Crippen molar-refractivity contribution in [2.75, 3.05) is 0 Å².